The van der Waals surface area contributed by atoms with Crippen LogP contribution in [-0.4, -0.2) is 44.1 Å². The molecule has 2 aromatic carbocycles. The van der Waals surface area contributed by atoms with Gasteiger partial charge in [0.1, 0.15) is 0 Å². The van der Waals surface area contributed by atoms with E-state index in [1.165, 1.54) is 12.3 Å². The Bertz CT molecular complexity index is 1570. The maximum Gasteiger partial charge on any atom is 0.460 e. The molecule has 4 rings (SSSR count). The molecule has 0 N–H and O–H groups in total. The number of nitrogens with zero attached hydrogens (tertiary/aromatic N) is 4. The van der Waals surface area contributed by atoms with Crippen molar-refractivity contribution in [1.82, 2.24) is 19.9 Å². The largest absolute Gasteiger partial charge is 0.460 e. The van der Waals surface area contributed by atoms with Gasteiger partial charge in [0.15, 0.2) is 5.82 Å². The molecule has 0 fully saturated rings. The number of hydrogen-bond acceptors (Lipinski definition) is 4. The smallest absolute Gasteiger partial charge is 0.256 e. The van der Waals surface area contributed by atoms with Crippen molar-refractivity contribution in [3.8, 4) is 22.6 Å². The van der Waals surface area contributed by atoms with Crippen LogP contribution in [0.15, 0.2) is 60.8 Å². The van der Waals surface area contributed by atoms with Crippen LogP contribution in [0.4, 0.5) is 61.5 Å². The predicted octanol–water partition coefficient (Wildman–Crippen LogP) is 8.33. The van der Waals surface area contributed by atoms with Crippen molar-refractivity contribution in [1.29, 1.82) is 0 Å². The summed E-state index contributed by atoms with van der Waals surface area (Å²) in [6.07, 6.45) is -12.8. The predicted molar refractivity (Wildman–Crippen MR) is 116 cm³/mol. The number of hydrogen-bond donors (Lipinski definition) is 0. The van der Waals surface area contributed by atoms with Gasteiger partial charge in [-0.15, -0.1) is 0 Å². The Morgan fingerprint density at radius 3 is 1.52 bits per heavy atom. The highest BCUT2D eigenvalue weighted by Gasteiger charge is 2.77. The SMILES string of the molecule is FC(F)(F)C(F)(F)C(F)(F)c1nc(-c2cccc(-c3nccc4ccccc34)c2)nc(C(F)(F)C(F)(F)C(F)(F)F)n1. The standard InChI is InChI=1S/C24H10F14N4/c25-19(26,21(29,30)23(33,34)35)17-40-16(41-18(42-17)20(27,28)22(31,32)24(36,37)38)13-6-3-5-12(10-13)15-14-7-2-1-4-11(14)8-9-39-15/h1-10H. The van der Waals surface area contributed by atoms with Gasteiger partial charge >= 0.3 is 36.0 Å². The Kier molecular flexibility index (Phi) is 7.14. The van der Waals surface area contributed by atoms with Crippen molar-refractivity contribution in [2.45, 2.75) is 36.0 Å². The second kappa shape index (κ2) is 9.72. The van der Waals surface area contributed by atoms with Crippen LogP contribution in [0.3, 0.4) is 0 Å². The fourth-order valence-electron chi connectivity index (χ4n) is 3.58. The lowest BCUT2D eigenvalue weighted by molar-refractivity contribution is -0.364. The molecular weight excluding hydrogens is 610 g/mol. The van der Waals surface area contributed by atoms with Gasteiger partial charge in [-0.05, 0) is 17.5 Å². The summed E-state index contributed by atoms with van der Waals surface area (Å²) in [6, 6.07) is 12.0. The highest BCUT2D eigenvalue weighted by atomic mass is 19.4. The van der Waals surface area contributed by atoms with Gasteiger partial charge in [-0.3, -0.25) is 4.98 Å². The van der Waals surface area contributed by atoms with E-state index in [-0.39, 0.29) is 11.3 Å². The third-order valence-corrected chi connectivity index (χ3v) is 5.77. The molecule has 0 saturated heterocycles. The molecule has 0 saturated carbocycles. The fraction of sp³-hybridized carbons (Fsp3) is 0.250. The number of aromatic nitrogens is 4. The molecule has 0 bridgehead atoms. The third-order valence-electron chi connectivity index (χ3n) is 5.77. The molecule has 0 aliphatic rings. The normalized spacial score (nSPS) is 14.0. The first-order chi connectivity index (χ1) is 19.1. The topological polar surface area (TPSA) is 51.6 Å². The van der Waals surface area contributed by atoms with Gasteiger partial charge in [0.25, 0.3) is 0 Å². The Balaban J connectivity index is 1.99. The molecule has 2 aromatic heterocycles. The number of benzene rings is 2. The van der Waals surface area contributed by atoms with E-state index < -0.39 is 59.1 Å². The molecule has 18 heteroatoms. The summed E-state index contributed by atoms with van der Waals surface area (Å²) in [4.78, 5) is 11.3. The minimum Gasteiger partial charge on any atom is -0.256 e. The van der Waals surface area contributed by atoms with Crippen LogP contribution in [0.25, 0.3) is 33.4 Å². The van der Waals surface area contributed by atoms with Crippen LogP contribution >= 0.6 is 0 Å². The monoisotopic (exact) mass is 620 g/mol. The minimum absolute atomic E-state index is 0.0209. The zero-order valence-corrected chi connectivity index (χ0v) is 19.9. The van der Waals surface area contributed by atoms with Crippen molar-refractivity contribution >= 4 is 10.8 Å². The van der Waals surface area contributed by atoms with Gasteiger partial charge in [-0.1, -0.05) is 42.5 Å². The molecule has 224 valence electrons. The summed E-state index contributed by atoms with van der Waals surface area (Å²) in [6.45, 7) is 0. The lowest BCUT2D eigenvalue weighted by Gasteiger charge is -2.29. The van der Waals surface area contributed by atoms with Crippen LogP contribution < -0.4 is 0 Å². The van der Waals surface area contributed by atoms with Crippen molar-refractivity contribution in [2.75, 3.05) is 0 Å². The highest BCUT2D eigenvalue weighted by Crippen LogP contribution is 2.53. The average molecular weight is 620 g/mol. The van der Waals surface area contributed by atoms with Crippen molar-refractivity contribution in [3.63, 3.8) is 0 Å². The highest BCUT2D eigenvalue weighted by molar-refractivity contribution is 5.94. The number of fused-ring (bicyclic) bond motifs is 1. The van der Waals surface area contributed by atoms with E-state index in [1.807, 2.05) is 4.98 Å². The zero-order valence-electron chi connectivity index (χ0n) is 19.9. The van der Waals surface area contributed by atoms with Gasteiger partial charge < -0.3 is 0 Å². The van der Waals surface area contributed by atoms with E-state index in [1.54, 1.807) is 30.3 Å². The Labute approximate surface area is 224 Å². The lowest BCUT2D eigenvalue weighted by atomic mass is 10.0. The van der Waals surface area contributed by atoms with E-state index in [0.717, 1.165) is 18.2 Å². The molecule has 4 nitrogen and oxygen atoms in total. The molecule has 0 amide bonds. The number of pyridine rings is 1. The lowest BCUT2D eigenvalue weighted by Crippen LogP contribution is -2.52. The molecule has 0 aliphatic heterocycles. The summed E-state index contributed by atoms with van der Waals surface area (Å²) in [5.74, 6) is -35.4. The number of rotatable bonds is 6. The van der Waals surface area contributed by atoms with E-state index in [2.05, 4.69) is 15.0 Å². The summed E-state index contributed by atoms with van der Waals surface area (Å²) in [5.41, 5.74) is -0.593. The molecule has 0 unspecified atom stereocenters. The first-order valence-corrected chi connectivity index (χ1v) is 11.0. The Morgan fingerprint density at radius 1 is 0.500 bits per heavy atom. The first-order valence-electron chi connectivity index (χ1n) is 11.0. The summed E-state index contributed by atoms with van der Waals surface area (Å²) in [7, 11) is 0. The van der Waals surface area contributed by atoms with Crippen LogP contribution in [0.1, 0.15) is 11.6 Å². The van der Waals surface area contributed by atoms with Gasteiger partial charge in [0.05, 0.1) is 5.69 Å². The molecule has 0 aliphatic carbocycles. The second-order valence-corrected chi connectivity index (χ2v) is 8.56. The van der Waals surface area contributed by atoms with Crippen LogP contribution in [0, 0.1) is 0 Å². The molecule has 0 spiro atoms. The molecule has 2 heterocycles. The first kappa shape index (κ1) is 30.8. The van der Waals surface area contributed by atoms with E-state index >= 15 is 0 Å². The molecule has 42 heavy (non-hydrogen) atoms. The van der Waals surface area contributed by atoms with Gasteiger partial charge in [0, 0.05) is 22.7 Å². The summed E-state index contributed by atoms with van der Waals surface area (Å²) >= 11 is 0. The Morgan fingerprint density at radius 2 is 1.00 bits per heavy atom. The maximum atomic E-state index is 14.5. The average Bonchev–Trinajstić information content (AvgIpc) is 2.91. The Hall–Kier alpha value is -4.12. The summed E-state index contributed by atoms with van der Waals surface area (Å²) in [5, 5.41) is 1.04. The number of halogens is 14. The molecule has 0 atom stereocenters. The van der Waals surface area contributed by atoms with Gasteiger partial charge in [-0.2, -0.15) is 61.5 Å². The summed E-state index contributed by atoms with van der Waals surface area (Å²) < 4.78 is 189. The van der Waals surface area contributed by atoms with Crippen molar-refractivity contribution in [3.05, 3.63) is 72.4 Å². The number of alkyl halides is 14. The molecule has 0 radical (unpaired) electrons. The van der Waals surface area contributed by atoms with Crippen LogP contribution in [0.5, 0.6) is 0 Å². The van der Waals surface area contributed by atoms with Gasteiger partial charge in [0.2, 0.25) is 11.6 Å². The van der Waals surface area contributed by atoms with Crippen LogP contribution in [0.2, 0.25) is 0 Å². The maximum absolute atomic E-state index is 14.5. The second-order valence-electron chi connectivity index (χ2n) is 8.56. The fourth-order valence-corrected chi connectivity index (χ4v) is 3.58. The van der Waals surface area contributed by atoms with E-state index in [9.17, 15) is 61.5 Å². The van der Waals surface area contributed by atoms with E-state index in [0.29, 0.717) is 10.8 Å². The molecule has 4 aromatic rings. The quantitative estimate of drug-likeness (QED) is 0.204. The van der Waals surface area contributed by atoms with Crippen molar-refractivity contribution < 1.29 is 61.5 Å². The molecular formula is C24H10F14N4. The van der Waals surface area contributed by atoms with Crippen LogP contribution in [-0.2, 0) is 11.8 Å². The third kappa shape index (κ3) is 4.85. The van der Waals surface area contributed by atoms with E-state index in [4.69, 9.17) is 0 Å². The van der Waals surface area contributed by atoms with Crippen molar-refractivity contribution in [2.24, 2.45) is 0 Å². The minimum atomic E-state index is -7.09. The van der Waals surface area contributed by atoms with Gasteiger partial charge in [-0.25, -0.2) is 15.0 Å². The zero-order chi connectivity index (χ0) is 31.5.